The smallest absolute Gasteiger partial charge is 0.416 e. The van der Waals surface area contributed by atoms with Crippen molar-refractivity contribution in [1.82, 2.24) is 9.66 Å². The standard InChI is InChI=1S/C31H22Br2F3N3O4/c1-41-26-12-18(13-27(42-2)28(26)43-17-20-10-11-22(32)15-24(20)33)16-37-39-29(19-6-5-7-21(14-19)31(34,35)36)38-25-9-4-3-8-23(25)30(39)40/h3-16H,17H2,1-2H3. The number of methoxy groups -OCH3 is 2. The summed E-state index contributed by atoms with van der Waals surface area (Å²) < 4.78 is 60.4. The predicted octanol–water partition coefficient (Wildman–Crippen LogP) is 8.09. The fourth-order valence-corrected chi connectivity index (χ4v) is 5.44. The zero-order chi connectivity index (χ0) is 30.7. The lowest BCUT2D eigenvalue weighted by Gasteiger charge is -2.16. The summed E-state index contributed by atoms with van der Waals surface area (Å²) in [6.07, 6.45) is -3.21. The molecule has 0 N–H and O–H groups in total. The summed E-state index contributed by atoms with van der Waals surface area (Å²) in [6.45, 7) is 0.215. The molecule has 0 spiro atoms. The van der Waals surface area contributed by atoms with Crippen molar-refractivity contribution in [3.63, 3.8) is 0 Å². The van der Waals surface area contributed by atoms with E-state index in [1.54, 1.807) is 36.4 Å². The minimum absolute atomic E-state index is 0.0509. The zero-order valence-electron chi connectivity index (χ0n) is 22.7. The fraction of sp³-hybridized carbons (Fsp3) is 0.129. The molecule has 220 valence electrons. The van der Waals surface area contributed by atoms with Gasteiger partial charge in [0, 0.05) is 25.6 Å². The second kappa shape index (κ2) is 12.6. The van der Waals surface area contributed by atoms with Crippen molar-refractivity contribution >= 4 is 49.0 Å². The summed E-state index contributed by atoms with van der Waals surface area (Å²) in [4.78, 5) is 18.0. The van der Waals surface area contributed by atoms with Gasteiger partial charge in [-0.25, -0.2) is 4.98 Å². The van der Waals surface area contributed by atoms with Gasteiger partial charge in [0.15, 0.2) is 17.3 Å². The van der Waals surface area contributed by atoms with E-state index in [1.165, 1.54) is 32.6 Å². The highest BCUT2D eigenvalue weighted by Crippen LogP contribution is 2.39. The molecule has 0 unspecified atom stereocenters. The minimum Gasteiger partial charge on any atom is -0.493 e. The first-order chi connectivity index (χ1) is 20.6. The first-order valence-corrected chi connectivity index (χ1v) is 14.2. The van der Waals surface area contributed by atoms with Gasteiger partial charge < -0.3 is 14.2 Å². The van der Waals surface area contributed by atoms with Gasteiger partial charge in [0.2, 0.25) is 5.75 Å². The summed E-state index contributed by atoms with van der Waals surface area (Å²) in [5.41, 5.74) is 0.349. The van der Waals surface area contributed by atoms with E-state index < -0.39 is 17.3 Å². The van der Waals surface area contributed by atoms with Crippen LogP contribution in [0.15, 0.2) is 97.7 Å². The van der Waals surface area contributed by atoms with Crippen LogP contribution >= 0.6 is 31.9 Å². The van der Waals surface area contributed by atoms with E-state index in [0.717, 1.165) is 31.3 Å². The fourth-order valence-electron chi connectivity index (χ4n) is 4.28. The zero-order valence-corrected chi connectivity index (χ0v) is 25.8. The second-order valence-corrected chi connectivity index (χ2v) is 10.9. The number of fused-ring (bicyclic) bond motifs is 1. The number of nitrogens with zero attached hydrogens (tertiary/aromatic N) is 3. The van der Waals surface area contributed by atoms with Gasteiger partial charge in [-0.1, -0.05) is 62.2 Å². The van der Waals surface area contributed by atoms with Gasteiger partial charge in [-0.3, -0.25) is 4.79 Å². The first kappa shape index (κ1) is 30.3. The molecule has 0 aliphatic carbocycles. The van der Waals surface area contributed by atoms with E-state index in [-0.39, 0.29) is 23.4 Å². The van der Waals surface area contributed by atoms with E-state index >= 15 is 0 Å². The van der Waals surface area contributed by atoms with Gasteiger partial charge in [-0.2, -0.15) is 22.9 Å². The first-order valence-electron chi connectivity index (χ1n) is 12.7. The van der Waals surface area contributed by atoms with Crippen molar-refractivity contribution in [3.8, 4) is 28.6 Å². The third-order valence-electron chi connectivity index (χ3n) is 6.39. The number of ether oxygens (including phenoxy) is 3. The highest BCUT2D eigenvalue weighted by Gasteiger charge is 2.31. The Kier molecular flexibility index (Phi) is 8.88. The lowest BCUT2D eigenvalue weighted by Crippen LogP contribution is -2.20. The van der Waals surface area contributed by atoms with E-state index in [2.05, 4.69) is 41.9 Å². The minimum atomic E-state index is -4.58. The number of halogens is 5. The molecular formula is C31H22Br2F3N3O4. The Hall–Kier alpha value is -4.16. The molecular weight excluding hydrogens is 695 g/mol. The molecule has 0 aliphatic rings. The van der Waals surface area contributed by atoms with Crippen molar-refractivity contribution in [2.75, 3.05) is 14.2 Å². The predicted molar refractivity (Wildman–Crippen MR) is 165 cm³/mol. The normalized spacial score (nSPS) is 11.7. The molecule has 12 heteroatoms. The molecule has 0 radical (unpaired) electrons. The van der Waals surface area contributed by atoms with Crippen LogP contribution in [0, 0.1) is 0 Å². The second-order valence-electron chi connectivity index (χ2n) is 9.17. The van der Waals surface area contributed by atoms with E-state index in [0.29, 0.717) is 28.3 Å². The topological polar surface area (TPSA) is 74.9 Å². The van der Waals surface area contributed by atoms with Crippen molar-refractivity contribution in [2.24, 2.45) is 5.10 Å². The molecule has 0 atom stereocenters. The van der Waals surface area contributed by atoms with Gasteiger partial charge in [0.05, 0.1) is 36.9 Å². The van der Waals surface area contributed by atoms with Crippen molar-refractivity contribution < 1.29 is 27.4 Å². The Morgan fingerprint density at radius 3 is 2.33 bits per heavy atom. The molecule has 0 bridgehead atoms. The summed E-state index contributed by atoms with van der Waals surface area (Å²) >= 11 is 6.95. The molecule has 1 aromatic heterocycles. The van der Waals surface area contributed by atoms with Crippen LogP contribution in [0.3, 0.4) is 0 Å². The molecule has 0 saturated carbocycles. The molecule has 0 amide bonds. The van der Waals surface area contributed by atoms with Crippen LogP contribution in [0.4, 0.5) is 13.2 Å². The van der Waals surface area contributed by atoms with Crippen molar-refractivity contribution in [1.29, 1.82) is 0 Å². The monoisotopic (exact) mass is 715 g/mol. The van der Waals surface area contributed by atoms with Gasteiger partial charge in [-0.15, -0.1) is 0 Å². The van der Waals surface area contributed by atoms with Crippen LogP contribution in [0.1, 0.15) is 16.7 Å². The largest absolute Gasteiger partial charge is 0.493 e. The quantitative estimate of drug-likeness (QED) is 0.152. The van der Waals surface area contributed by atoms with Crippen LogP contribution in [0.25, 0.3) is 22.3 Å². The maximum atomic E-state index is 13.5. The Morgan fingerprint density at radius 1 is 0.930 bits per heavy atom. The Morgan fingerprint density at radius 2 is 1.65 bits per heavy atom. The van der Waals surface area contributed by atoms with E-state index in [4.69, 9.17) is 14.2 Å². The highest BCUT2D eigenvalue weighted by molar-refractivity contribution is 9.11. The van der Waals surface area contributed by atoms with Crippen LogP contribution in [-0.4, -0.2) is 30.1 Å². The number of para-hydroxylation sites is 1. The van der Waals surface area contributed by atoms with Gasteiger partial charge in [0.1, 0.15) is 6.61 Å². The van der Waals surface area contributed by atoms with E-state index in [1.807, 2.05) is 18.2 Å². The Labute approximate surface area is 260 Å². The summed E-state index contributed by atoms with van der Waals surface area (Å²) in [6, 6.07) is 20.1. The third-order valence-corrected chi connectivity index (χ3v) is 7.63. The molecule has 1 heterocycles. The number of hydrogen-bond donors (Lipinski definition) is 0. The number of alkyl halides is 3. The highest BCUT2D eigenvalue weighted by atomic mass is 79.9. The number of hydrogen-bond acceptors (Lipinski definition) is 6. The average molecular weight is 717 g/mol. The van der Waals surface area contributed by atoms with Crippen LogP contribution in [0.5, 0.6) is 17.2 Å². The molecule has 5 rings (SSSR count). The van der Waals surface area contributed by atoms with Gasteiger partial charge in [0.25, 0.3) is 5.56 Å². The molecule has 0 fully saturated rings. The van der Waals surface area contributed by atoms with Crippen LogP contribution in [-0.2, 0) is 12.8 Å². The number of aromatic nitrogens is 2. The van der Waals surface area contributed by atoms with Gasteiger partial charge >= 0.3 is 6.18 Å². The van der Waals surface area contributed by atoms with Gasteiger partial charge in [-0.05, 0) is 48.5 Å². The number of rotatable bonds is 8. The summed E-state index contributed by atoms with van der Waals surface area (Å²) in [7, 11) is 2.95. The SMILES string of the molecule is COc1cc(C=Nn2c(-c3cccc(C(F)(F)F)c3)nc3ccccc3c2=O)cc(OC)c1OCc1ccc(Br)cc1Br. The molecule has 5 aromatic rings. The number of benzene rings is 4. The van der Waals surface area contributed by atoms with Crippen molar-refractivity contribution in [2.45, 2.75) is 12.8 Å². The molecule has 4 aromatic carbocycles. The average Bonchev–Trinajstić information content (AvgIpc) is 2.99. The molecule has 0 saturated heterocycles. The van der Waals surface area contributed by atoms with Crippen LogP contribution in [0.2, 0.25) is 0 Å². The summed E-state index contributed by atoms with van der Waals surface area (Å²) in [5.74, 6) is 0.989. The van der Waals surface area contributed by atoms with Crippen LogP contribution < -0.4 is 19.8 Å². The maximum Gasteiger partial charge on any atom is 0.416 e. The lowest BCUT2D eigenvalue weighted by atomic mass is 10.1. The molecule has 7 nitrogen and oxygen atoms in total. The molecule has 43 heavy (non-hydrogen) atoms. The summed E-state index contributed by atoms with van der Waals surface area (Å²) in [5, 5.41) is 4.62. The van der Waals surface area contributed by atoms with Crippen molar-refractivity contribution in [3.05, 3.63) is 115 Å². The maximum absolute atomic E-state index is 13.5. The lowest BCUT2D eigenvalue weighted by molar-refractivity contribution is -0.137. The Balaban J connectivity index is 1.56. The Bertz CT molecular complexity index is 1880. The van der Waals surface area contributed by atoms with E-state index in [9.17, 15) is 18.0 Å². The molecule has 0 aliphatic heterocycles. The third kappa shape index (κ3) is 6.60.